The molecule has 2 heterocycles. The summed E-state index contributed by atoms with van der Waals surface area (Å²) in [4.78, 5) is 15.2. The fourth-order valence-electron chi connectivity index (χ4n) is 3.65. The predicted octanol–water partition coefficient (Wildman–Crippen LogP) is 3.63. The molecule has 1 aliphatic carbocycles. The van der Waals surface area contributed by atoms with E-state index >= 15 is 0 Å². The van der Waals surface area contributed by atoms with Crippen molar-refractivity contribution in [2.24, 2.45) is 0 Å². The summed E-state index contributed by atoms with van der Waals surface area (Å²) in [6, 6.07) is 2.44. The van der Waals surface area contributed by atoms with Gasteiger partial charge in [-0.25, -0.2) is 0 Å². The Hall–Kier alpha value is -0.520. The van der Waals surface area contributed by atoms with Crippen LogP contribution in [0.4, 0.5) is 0 Å². The third kappa shape index (κ3) is 2.76. The van der Waals surface area contributed by atoms with Gasteiger partial charge in [0.15, 0.2) is 0 Å². The van der Waals surface area contributed by atoms with Crippen LogP contribution in [0.3, 0.4) is 0 Å². The molecule has 0 radical (unpaired) electrons. The molecule has 1 aromatic rings. The highest BCUT2D eigenvalue weighted by Crippen LogP contribution is 2.42. The van der Waals surface area contributed by atoms with Gasteiger partial charge in [-0.3, -0.25) is 10.1 Å². The summed E-state index contributed by atoms with van der Waals surface area (Å²) >= 11 is 3.56. The van der Waals surface area contributed by atoms with Crippen LogP contribution in [0, 0.1) is 0 Å². The molecule has 3 rings (SSSR count). The Kier molecular flexibility index (Phi) is 4.62. The van der Waals surface area contributed by atoms with Crippen molar-refractivity contribution in [3.63, 3.8) is 0 Å². The predicted molar refractivity (Wildman–Crippen MR) is 90.7 cm³/mol. The minimum absolute atomic E-state index is 0.0682. The van der Waals surface area contributed by atoms with Gasteiger partial charge in [0.05, 0.1) is 5.54 Å². The molecule has 5 heteroatoms. The summed E-state index contributed by atoms with van der Waals surface area (Å²) in [7, 11) is 0. The fourth-order valence-corrected chi connectivity index (χ4v) is 4.91. The molecule has 1 aliphatic heterocycles. The van der Waals surface area contributed by atoms with Gasteiger partial charge in [-0.1, -0.05) is 12.8 Å². The van der Waals surface area contributed by atoms with Crippen molar-refractivity contribution < 1.29 is 4.79 Å². The molecule has 2 unspecified atom stereocenters. The summed E-state index contributed by atoms with van der Waals surface area (Å²) in [5, 5.41) is 7.98. The lowest BCUT2D eigenvalue weighted by molar-refractivity contribution is -0.135. The first-order valence-corrected chi connectivity index (χ1v) is 10.1. The second-order valence-electron chi connectivity index (χ2n) is 6.24. The number of amides is 1. The van der Waals surface area contributed by atoms with E-state index in [-0.39, 0.29) is 11.7 Å². The topological polar surface area (TPSA) is 32.3 Å². The molecule has 2 atom stereocenters. The van der Waals surface area contributed by atoms with E-state index in [4.69, 9.17) is 0 Å². The number of carbonyl (C=O) groups is 1. The van der Waals surface area contributed by atoms with E-state index in [2.05, 4.69) is 40.2 Å². The van der Waals surface area contributed by atoms with Crippen molar-refractivity contribution in [2.75, 3.05) is 12.0 Å². The van der Waals surface area contributed by atoms with Crippen LogP contribution in [-0.4, -0.2) is 34.4 Å². The van der Waals surface area contributed by atoms with Gasteiger partial charge in [-0.15, -0.1) is 0 Å². The Morgan fingerprint density at radius 3 is 2.90 bits per heavy atom. The zero-order chi connectivity index (χ0) is 14.9. The first-order chi connectivity index (χ1) is 10.2. The number of nitrogens with one attached hydrogen (secondary N) is 1. The molecule has 1 aromatic heterocycles. The molecule has 3 nitrogen and oxygen atoms in total. The smallest absolute Gasteiger partial charge is 0.244 e. The molecular formula is C16H24N2OS2. The Balaban J connectivity index is 1.87. The summed E-state index contributed by atoms with van der Waals surface area (Å²) in [6.07, 6.45) is 7.59. The largest absolute Gasteiger partial charge is 0.319 e. The number of hydrogen-bond acceptors (Lipinski definition) is 4. The number of rotatable bonds is 5. The number of hydrogen-bond donors (Lipinski definition) is 1. The van der Waals surface area contributed by atoms with Crippen LogP contribution < -0.4 is 5.32 Å². The molecule has 2 fully saturated rings. The van der Waals surface area contributed by atoms with Gasteiger partial charge >= 0.3 is 0 Å². The van der Waals surface area contributed by atoms with Gasteiger partial charge in [-0.2, -0.15) is 23.1 Å². The highest BCUT2D eigenvalue weighted by Gasteiger charge is 2.53. The van der Waals surface area contributed by atoms with Crippen molar-refractivity contribution in [1.29, 1.82) is 0 Å². The van der Waals surface area contributed by atoms with Gasteiger partial charge in [0.1, 0.15) is 6.17 Å². The second-order valence-corrected chi connectivity index (χ2v) is 8.00. The zero-order valence-electron chi connectivity index (χ0n) is 12.8. The summed E-state index contributed by atoms with van der Waals surface area (Å²) < 4.78 is 0. The molecule has 0 aromatic carbocycles. The SMILES string of the molecule is CSCCC(C)N1C(=O)C2(CCCC2)NC1c1ccsc1. The van der Waals surface area contributed by atoms with Crippen LogP contribution in [0.2, 0.25) is 0 Å². The molecule has 21 heavy (non-hydrogen) atoms. The van der Waals surface area contributed by atoms with Gasteiger partial charge in [0.25, 0.3) is 0 Å². The van der Waals surface area contributed by atoms with Crippen LogP contribution in [0.1, 0.15) is 50.8 Å². The van der Waals surface area contributed by atoms with Crippen molar-refractivity contribution in [1.82, 2.24) is 10.2 Å². The lowest BCUT2D eigenvalue weighted by Gasteiger charge is -2.30. The van der Waals surface area contributed by atoms with E-state index in [1.165, 1.54) is 18.4 Å². The number of carbonyl (C=O) groups excluding carboxylic acids is 1. The lowest BCUT2D eigenvalue weighted by atomic mass is 9.97. The Morgan fingerprint density at radius 2 is 2.29 bits per heavy atom. The molecule has 1 spiro atoms. The van der Waals surface area contributed by atoms with E-state index < -0.39 is 0 Å². The van der Waals surface area contributed by atoms with Crippen molar-refractivity contribution in [3.8, 4) is 0 Å². The first-order valence-electron chi connectivity index (χ1n) is 7.79. The quantitative estimate of drug-likeness (QED) is 0.897. The van der Waals surface area contributed by atoms with Crippen molar-refractivity contribution in [2.45, 2.75) is 56.8 Å². The lowest BCUT2D eigenvalue weighted by Crippen LogP contribution is -2.45. The first kappa shape index (κ1) is 15.4. The summed E-state index contributed by atoms with van der Waals surface area (Å²) in [6.45, 7) is 2.20. The standard InChI is InChI=1S/C16H24N2OS2/c1-12(5-9-20-2)18-14(13-6-10-21-11-13)17-16(15(18)19)7-3-4-8-16/h6,10-12,14,17H,3-5,7-9H2,1-2H3. The van der Waals surface area contributed by atoms with Crippen LogP contribution in [0.25, 0.3) is 0 Å². The highest BCUT2D eigenvalue weighted by atomic mass is 32.2. The summed E-state index contributed by atoms with van der Waals surface area (Å²) in [5.74, 6) is 1.44. The minimum atomic E-state index is -0.278. The molecule has 1 N–H and O–H groups in total. The number of thiophene rings is 1. The van der Waals surface area contributed by atoms with Crippen molar-refractivity contribution >= 4 is 29.0 Å². The normalized spacial score (nSPS) is 25.9. The van der Waals surface area contributed by atoms with Crippen LogP contribution in [0.5, 0.6) is 0 Å². The average molecular weight is 325 g/mol. The monoisotopic (exact) mass is 324 g/mol. The van der Waals surface area contributed by atoms with Gasteiger partial charge in [0.2, 0.25) is 5.91 Å². The molecule has 1 amide bonds. The maximum absolute atomic E-state index is 13.1. The molecule has 2 aliphatic rings. The van der Waals surface area contributed by atoms with E-state index in [0.29, 0.717) is 11.9 Å². The third-order valence-electron chi connectivity index (χ3n) is 4.87. The number of nitrogens with zero attached hydrogens (tertiary/aromatic N) is 1. The highest BCUT2D eigenvalue weighted by molar-refractivity contribution is 7.98. The van der Waals surface area contributed by atoms with Crippen molar-refractivity contribution in [3.05, 3.63) is 22.4 Å². The maximum Gasteiger partial charge on any atom is 0.244 e. The maximum atomic E-state index is 13.1. The fraction of sp³-hybridized carbons (Fsp3) is 0.688. The van der Waals surface area contributed by atoms with Gasteiger partial charge in [-0.05, 0) is 60.6 Å². The molecule has 116 valence electrons. The van der Waals surface area contributed by atoms with Crippen LogP contribution in [0.15, 0.2) is 16.8 Å². The summed E-state index contributed by atoms with van der Waals surface area (Å²) in [5.41, 5.74) is 0.966. The van der Waals surface area contributed by atoms with E-state index in [1.54, 1.807) is 11.3 Å². The Labute approximate surface area is 135 Å². The van der Waals surface area contributed by atoms with E-state index in [1.807, 2.05) is 11.8 Å². The van der Waals surface area contributed by atoms with E-state index in [0.717, 1.165) is 25.0 Å². The Morgan fingerprint density at radius 1 is 1.52 bits per heavy atom. The molecule has 0 bridgehead atoms. The zero-order valence-corrected chi connectivity index (χ0v) is 14.4. The van der Waals surface area contributed by atoms with Crippen LogP contribution in [-0.2, 0) is 4.79 Å². The average Bonchev–Trinajstić information content (AvgIpc) is 3.19. The van der Waals surface area contributed by atoms with Gasteiger partial charge < -0.3 is 4.90 Å². The van der Waals surface area contributed by atoms with E-state index in [9.17, 15) is 4.79 Å². The second kappa shape index (κ2) is 6.31. The number of thioether (sulfide) groups is 1. The van der Waals surface area contributed by atoms with Crippen LogP contribution >= 0.6 is 23.1 Å². The third-order valence-corrected chi connectivity index (χ3v) is 6.21. The molecule has 1 saturated heterocycles. The molecular weight excluding hydrogens is 300 g/mol. The minimum Gasteiger partial charge on any atom is -0.319 e. The Bertz CT molecular complexity index is 482. The molecule has 1 saturated carbocycles. The van der Waals surface area contributed by atoms with Gasteiger partial charge in [0, 0.05) is 6.04 Å².